The van der Waals surface area contributed by atoms with Gasteiger partial charge in [-0.3, -0.25) is 9.79 Å². The van der Waals surface area contributed by atoms with Crippen LogP contribution in [0.5, 0.6) is 5.75 Å². The molecule has 1 aromatic carbocycles. The summed E-state index contributed by atoms with van der Waals surface area (Å²) in [6.07, 6.45) is -3.57. The third-order valence-electron chi connectivity index (χ3n) is 4.11. The third-order valence-corrected chi connectivity index (χ3v) is 4.93. The first-order valence-corrected chi connectivity index (χ1v) is 8.45. The van der Waals surface area contributed by atoms with Crippen LogP contribution in [0.2, 0.25) is 0 Å². The number of carbonyl (C=O) groups excluding carboxylic acids is 1. The number of alkyl halides is 3. The molecule has 0 unspecified atom stereocenters. The molecule has 0 bridgehead atoms. The number of hydrogen-bond donors (Lipinski definition) is 1. The first-order chi connectivity index (χ1) is 11.8. The number of hydrogen-bond acceptors (Lipinski definition) is 5. The average Bonchev–Trinajstić information content (AvgIpc) is 2.86. The van der Waals surface area contributed by atoms with E-state index in [0.717, 1.165) is 0 Å². The molecule has 1 fully saturated rings. The van der Waals surface area contributed by atoms with Crippen LogP contribution >= 0.6 is 11.9 Å². The Hall–Kier alpha value is -2.00. The summed E-state index contributed by atoms with van der Waals surface area (Å²) in [4.78, 5) is 17.0. The number of nitrogens with zero attached hydrogens (tertiary/aromatic N) is 2. The van der Waals surface area contributed by atoms with Gasteiger partial charge in [-0.1, -0.05) is 18.5 Å². The second-order valence-electron chi connectivity index (χ2n) is 5.72. The largest absolute Gasteiger partial charge is 0.573 e. The molecule has 0 radical (unpaired) electrons. The number of benzene rings is 1. The lowest BCUT2D eigenvalue weighted by molar-refractivity contribution is -0.274. The molecule has 25 heavy (non-hydrogen) atoms. The van der Waals surface area contributed by atoms with Gasteiger partial charge in [0, 0.05) is 18.7 Å². The van der Waals surface area contributed by atoms with Gasteiger partial charge in [0.2, 0.25) is 0 Å². The van der Waals surface area contributed by atoms with E-state index < -0.39 is 11.9 Å². The molecule has 0 aliphatic carbocycles. The molecule has 0 atom stereocenters. The molecule has 1 spiro atoms. The highest BCUT2D eigenvalue weighted by Crippen LogP contribution is 2.33. The van der Waals surface area contributed by atoms with Crippen molar-refractivity contribution in [1.82, 2.24) is 9.62 Å². The van der Waals surface area contributed by atoms with Gasteiger partial charge in [0.1, 0.15) is 17.1 Å². The number of halogens is 3. The van der Waals surface area contributed by atoms with E-state index in [0.29, 0.717) is 37.3 Å². The van der Waals surface area contributed by atoms with Gasteiger partial charge in [-0.15, -0.1) is 13.2 Å². The van der Waals surface area contributed by atoms with Crippen molar-refractivity contribution in [3.05, 3.63) is 41.8 Å². The predicted octanol–water partition coefficient (Wildman–Crippen LogP) is 3.09. The van der Waals surface area contributed by atoms with Gasteiger partial charge >= 0.3 is 6.36 Å². The molecular weight excluding hydrogens is 355 g/mol. The number of nitrogens with one attached hydrogen (secondary N) is 1. The highest BCUT2D eigenvalue weighted by atomic mass is 32.2. The third kappa shape index (κ3) is 3.98. The predicted molar refractivity (Wildman–Crippen MR) is 89.1 cm³/mol. The normalized spacial score (nSPS) is 20.3. The minimum atomic E-state index is -4.73. The van der Waals surface area contributed by atoms with Crippen molar-refractivity contribution in [1.29, 1.82) is 0 Å². The molecule has 3 rings (SSSR count). The molecule has 0 saturated carbocycles. The smallest absolute Gasteiger partial charge is 0.406 e. The number of aliphatic imine (C=N–C) groups is 1. The van der Waals surface area contributed by atoms with E-state index in [2.05, 4.69) is 25.9 Å². The minimum absolute atomic E-state index is 0.165. The van der Waals surface area contributed by atoms with Gasteiger partial charge in [-0.2, -0.15) is 0 Å². The Morgan fingerprint density at radius 2 is 1.92 bits per heavy atom. The van der Waals surface area contributed by atoms with Gasteiger partial charge in [0.15, 0.2) is 0 Å². The lowest BCUT2D eigenvalue weighted by Crippen LogP contribution is -2.47. The van der Waals surface area contributed by atoms with Crippen LogP contribution in [0.15, 0.2) is 41.2 Å². The molecule has 2 heterocycles. The molecule has 1 saturated heterocycles. The zero-order valence-electron chi connectivity index (χ0n) is 13.2. The van der Waals surface area contributed by atoms with Crippen molar-refractivity contribution in [2.75, 3.05) is 13.1 Å². The Morgan fingerprint density at radius 1 is 1.28 bits per heavy atom. The molecule has 1 amide bonds. The maximum absolute atomic E-state index is 12.4. The summed E-state index contributed by atoms with van der Waals surface area (Å²) in [6, 6.07) is 5.29. The lowest BCUT2D eigenvalue weighted by atomic mass is 9.89. The molecule has 1 aromatic rings. The van der Waals surface area contributed by atoms with Crippen LogP contribution in [0.25, 0.3) is 0 Å². The number of amides is 1. The van der Waals surface area contributed by atoms with Crippen LogP contribution in [0, 0.1) is 0 Å². The summed E-state index contributed by atoms with van der Waals surface area (Å²) >= 11 is 1.51. The van der Waals surface area contributed by atoms with Crippen LogP contribution in [0.3, 0.4) is 0 Å². The van der Waals surface area contributed by atoms with Gasteiger partial charge < -0.3 is 10.1 Å². The van der Waals surface area contributed by atoms with Crippen LogP contribution in [-0.2, 0) is 4.79 Å². The zero-order chi connectivity index (χ0) is 18.1. The van der Waals surface area contributed by atoms with Gasteiger partial charge in [0.25, 0.3) is 5.91 Å². The first kappa shape index (κ1) is 17.8. The summed E-state index contributed by atoms with van der Waals surface area (Å²) in [6.45, 7) is 5.09. The summed E-state index contributed by atoms with van der Waals surface area (Å²) in [5.41, 5.74) is -0.253. The fourth-order valence-electron chi connectivity index (χ4n) is 2.87. The summed E-state index contributed by atoms with van der Waals surface area (Å²) in [7, 11) is 0. The van der Waals surface area contributed by atoms with E-state index in [1.165, 1.54) is 36.2 Å². The van der Waals surface area contributed by atoms with Gasteiger partial charge in [-0.25, -0.2) is 4.31 Å². The number of carbonyl (C=O) groups is 1. The first-order valence-electron chi connectivity index (χ1n) is 7.61. The molecule has 134 valence electrons. The van der Waals surface area contributed by atoms with E-state index in [9.17, 15) is 18.0 Å². The van der Waals surface area contributed by atoms with E-state index in [4.69, 9.17) is 0 Å². The van der Waals surface area contributed by atoms with Crippen molar-refractivity contribution < 1.29 is 22.7 Å². The quantitative estimate of drug-likeness (QED) is 0.827. The summed E-state index contributed by atoms with van der Waals surface area (Å²) in [5, 5.41) is 4.49. The topological polar surface area (TPSA) is 53.9 Å². The van der Waals surface area contributed by atoms with Crippen molar-refractivity contribution in [2.45, 2.75) is 24.7 Å². The Kier molecular flexibility index (Phi) is 4.79. The maximum Gasteiger partial charge on any atom is 0.573 e. The molecule has 0 aromatic heterocycles. The Bertz CT molecular complexity index is 696. The number of ether oxygens (including phenoxy) is 1. The highest BCUT2D eigenvalue weighted by molar-refractivity contribution is 7.99. The van der Waals surface area contributed by atoms with Crippen LogP contribution in [-0.4, -0.2) is 41.0 Å². The molecule has 5 nitrogen and oxygen atoms in total. The second kappa shape index (κ2) is 6.72. The van der Waals surface area contributed by atoms with Gasteiger partial charge in [0.05, 0.1) is 0 Å². The Morgan fingerprint density at radius 3 is 2.48 bits per heavy atom. The summed E-state index contributed by atoms with van der Waals surface area (Å²) in [5.74, 6) is -0.0969. The Balaban J connectivity index is 1.73. The molecule has 2 aliphatic rings. The number of rotatable bonds is 4. The SMILES string of the molecule is C=CSN1CCC2(CC1)N=C(c1ccc(OC(F)(F)F)cc1)NC2=O. The highest BCUT2D eigenvalue weighted by Gasteiger charge is 2.45. The molecular formula is C16H16F3N3O2S. The van der Waals surface area contributed by atoms with Crippen LogP contribution in [0.1, 0.15) is 18.4 Å². The average molecular weight is 371 g/mol. The van der Waals surface area contributed by atoms with E-state index in [-0.39, 0.29) is 11.7 Å². The van der Waals surface area contributed by atoms with E-state index in [1.54, 1.807) is 5.41 Å². The molecule has 1 N–H and O–H groups in total. The zero-order valence-corrected chi connectivity index (χ0v) is 14.0. The summed E-state index contributed by atoms with van der Waals surface area (Å²) < 4.78 is 42.6. The standard InChI is InChI=1S/C16H16F3N3O2S/c1-2-25-22-9-7-15(8-10-22)14(23)20-13(21-15)11-3-5-12(6-4-11)24-16(17,18)19/h2-6H,1,7-10H2,(H,20,21,23). The Labute approximate surface area is 147 Å². The van der Waals surface area contributed by atoms with Crippen molar-refractivity contribution >= 4 is 23.7 Å². The molecule has 9 heteroatoms. The van der Waals surface area contributed by atoms with Crippen molar-refractivity contribution in [3.8, 4) is 5.75 Å². The van der Waals surface area contributed by atoms with Gasteiger partial charge in [-0.05, 0) is 42.5 Å². The van der Waals surface area contributed by atoms with Crippen LogP contribution in [0.4, 0.5) is 13.2 Å². The van der Waals surface area contributed by atoms with E-state index >= 15 is 0 Å². The fraction of sp³-hybridized carbons (Fsp3) is 0.375. The fourth-order valence-corrected chi connectivity index (χ4v) is 3.48. The van der Waals surface area contributed by atoms with Crippen molar-refractivity contribution in [2.24, 2.45) is 4.99 Å². The number of piperidine rings is 1. The minimum Gasteiger partial charge on any atom is -0.406 e. The van der Waals surface area contributed by atoms with Crippen LogP contribution < -0.4 is 10.1 Å². The van der Waals surface area contributed by atoms with Crippen molar-refractivity contribution in [3.63, 3.8) is 0 Å². The molecule has 2 aliphatic heterocycles. The maximum atomic E-state index is 12.4. The van der Waals surface area contributed by atoms with E-state index in [1.807, 2.05) is 0 Å². The second-order valence-corrected chi connectivity index (χ2v) is 6.78. The number of amidine groups is 1. The lowest BCUT2D eigenvalue weighted by Gasteiger charge is -2.33. The monoisotopic (exact) mass is 371 g/mol.